The Morgan fingerprint density at radius 1 is 1.12 bits per heavy atom. The Balaban J connectivity index is 1.62. The number of hydrogen-bond acceptors (Lipinski definition) is 15. The summed E-state index contributed by atoms with van der Waals surface area (Å²) in [6.45, 7) is 9.49. The number of aliphatic hydroxyl groups excluding tert-OH is 1. The molecule has 0 bridgehead atoms. The van der Waals surface area contributed by atoms with Crippen molar-refractivity contribution >= 4 is 43.4 Å². The maximum atomic E-state index is 14.5. The molecule has 7 N–H and O–H groups in total. The van der Waals surface area contributed by atoms with Gasteiger partial charge in [-0.15, -0.1) is 0 Å². The predicted molar refractivity (Wildman–Crippen MR) is 171 cm³/mol. The van der Waals surface area contributed by atoms with E-state index in [9.17, 15) is 29.2 Å². The first-order chi connectivity index (χ1) is 22.2. The molecule has 20 heteroatoms. The highest BCUT2D eigenvalue weighted by molar-refractivity contribution is 7.54. The van der Waals surface area contributed by atoms with Crippen LogP contribution in [0.3, 0.4) is 0 Å². The van der Waals surface area contributed by atoms with E-state index in [-0.39, 0.29) is 48.1 Å². The van der Waals surface area contributed by atoms with Crippen LogP contribution in [0.2, 0.25) is 0 Å². The van der Waals surface area contributed by atoms with Gasteiger partial charge in [0.15, 0.2) is 11.9 Å². The van der Waals surface area contributed by atoms with Crippen LogP contribution in [-0.2, 0) is 42.4 Å². The van der Waals surface area contributed by atoms with Gasteiger partial charge in [0.1, 0.15) is 24.3 Å². The van der Waals surface area contributed by atoms with Crippen molar-refractivity contribution in [2.24, 2.45) is 4.99 Å². The molecule has 270 valence electrons. The largest absolute Gasteiger partial charge is 0.468 e. The molecule has 0 aliphatic carbocycles. The minimum atomic E-state index is -4.50. The fraction of sp³-hybridized carbons (Fsp3) is 0.750. The number of nitrogens with zero attached hydrogens (tertiary/aromatic N) is 3. The molecule has 3 aliphatic rings. The monoisotopic (exact) mass is 704 g/mol. The number of fused-ring (bicyclic) bond motifs is 4. The number of aromatic nitrogens is 2. The lowest BCUT2D eigenvalue weighted by Crippen LogP contribution is -2.57. The van der Waals surface area contributed by atoms with Crippen LogP contribution in [0.15, 0.2) is 9.79 Å². The Kier molecular flexibility index (Phi) is 10.9. The summed E-state index contributed by atoms with van der Waals surface area (Å²) < 4.78 is 47.5. The van der Waals surface area contributed by atoms with Crippen molar-refractivity contribution in [3.8, 4) is 0 Å². The molecule has 1 aromatic rings. The van der Waals surface area contributed by atoms with E-state index in [0.717, 1.165) is 14.2 Å². The average molecular weight is 705 g/mol. The number of quaternary nitrogens is 1. The summed E-state index contributed by atoms with van der Waals surface area (Å²) >= 11 is 0. The minimum absolute atomic E-state index is 0.00640. The summed E-state index contributed by atoms with van der Waals surface area (Å²) in [5.74, 6) is -1.71. The zero-order valence-corrected chi connectivity index (χ0v) is 29.2. The van der Waals surface area contributed by atoms with Crippen molar-refractivity contribution in [3.63, 3.8) is 0 Å². The topological polar surface area (TPSA) is 255 Å². The van der Waals surface area contributed by atoms with E-state index in [1.807, 2.05) is 0 Å². The van der Waals surface area contributed by atoms with E-state index in [2.05, 4.69) is 25.1 Å². The molecule has 4 rings (SSSR count). The maximum absolute atomic E-state index is 14.5. The second-order valence-electron chi connectivity index (χ2n) is 13.8. The number of nitrogen functional groups attached to an aromatic ring is 1. The third-order valence-corrected chi connectivity index (χ3v) is 9.80. The van der Waals surface area contributed by atoms with Gasteiger partial charge in [0.25, 0.3) is 11.4 Å². The number of ether oxygens (including phenoxy) is 5. The lowest BCUT2D eigenvalue weighted by molar-refractivity contribution is -0.146. The molecule has 1 aromatic heterocycles. The van der Waals surface area contributed by atoms with Crippen molar-refractivity contribution in [1.82, 2.24) is 24.6 Å². The van der Waals surface area contributed by atoms with Crippen molar-refractivity contribution in [3.05, 3.63) is 10.4 Å². The SMILES string of the molecule is COC(=O)C(COC(C)(C)C)NP(=O)(NC(COC(C)(C)C)C(=O)OC)OCC1OC2C(O)(CC[N+]23C=Nc2c3nc(N)[nH]c2=O)C1O. The zero-order chi connectivity index (χ0) is 35.9. The Hall–Kier alpha value is -2.84. The first-order valence-corrected chi connectivity index (χ1v) is 16.9. The van der Waals surface area contributed by atoms with Crippen LogP contribution < -0.4 is 26.0 Å². The number of rotatable bonds is 13. The van der Waals surface area contributed by atoms with Gasteiger partial charge < -0.3 is 44.2 Å². The van der Waals surface area contributed by atoms with E-state index in [4.69, 9.17) is 33.9 Å². The van der Waals surface area contributed by atoms with E-state index < -0.39 is 79.1 Å². The summed E-state index contributed by atoms with van der Waals surface area (Å²) in [6.07, 6.45) is -2.68. The third-order valence-electron chi connectivity index (χ3n) is 7.99. The van der Waals surface area contributed by atoms with E-state index in [0.29, 0.717) is 0 Å². The van der Waals surface area contributed by atoms with Gasteiger partial charge in [0.2, 0.25) is 17.9 Å². The second-order valence-corrected chi connectivity index (χ2v) is 15.7. The van der Waals surface area contributed by atoms with Gasteiger partial charge in [-0.1, -0.05) is 0 Å². The van der Waals surface area contributed by atoms with Gasteiger partial charge in [-0.3, -0.25) is 23.9 Å². The molecule has 0 amide bonds. The molecule has 19 nitrogen and oxygen atoms in total. The maximum Gasteiger partial charge on any atom is 0.342 e. The highest BCUT2D eigenvalue weighted by atomic mass is 31.2. The van der Waals surface area contributed by atoms with Gasteiger partial charge in [0.05, 0.1) is 51.8 Å². The first kappa shape index (κ1) is 38.0. The van der Waals surface area contributed by atoms with Gasteiger partial charge in [-0.05, 0) is 41.5 Å². The Bertz CT molecular complexity index is 1470. The molecular weight excluding hydrogens is 657 g/mol. The van der Waals surface area contributed by atoms with Crippen LogP contribution in [0.25, 0.3) is 0 Å². The number of aliphatic imine (C=N–C) groups is 1. The van der Waals surface area contributed by atoms with Crippen LogP contribution in [-0.4, -0.2) is 126 Å². The smallest absolute Gasteiger partial charge is 0.342 e. The van der Waals surface area contributed by atoms with Gasteiger partial charge in [0, 0.05) is 6.42 Å². The number of esters is 2. The van der Waals surface area contributed by atoms with Gasteiger partial charge in [-0.25, -0.2) is 14.7 Å². The molecule has 0 aromatic carbocycles. The number of nitrogens with one attached hydrogen (secondary N) is 3. The highest BCUT2D eigenvalue weighted by Crippen LogP contribution is 2.51. The Morgan fingerprint density at radius 2 is 1.67 bits per heavy atom. The van der Waals surface area contributed by atoms with Crippen LogP contribution in [0, 0.1) is 0 Å². The Morgan fingerprint density at radius 3 is 2.17 bits per heavy atom. The Labute approximate surface area is 277 Å². The van der Waals surface area contributed by atoms with Crippen LogP contribution >= 0.6 is 7.67 Å². The fourth-order valence-electron chi connectivity index (χ4n) is 5.61. The van der Waals surface area contributed by atoms with E-state index in [1.54, 1.807) is 41.5 Å². The normalized spacial score (nSPS) is 28.9. The zero-order valence-electron chi connectivity index (χ0n) is 28.3. The van der Waals surface area contributed by atoms with Gasteiger partial charge in [-0.2, -0.15) is 9.98 Å². The van der Waals surface area contributed by atoms with Gasteiger partial charge >= 0.3 is 19.6 Å². The number of H-pyrrole nitrogens is 1. The molecule has 1 spiro atoms. The predicted octanol–water partition coefficient (Wildman–Crippen LogP) is -0.429. The number of nitrogens with two attached hydrogens (primary N) is 1. The second kappa shape index (κ2) is 13.8. The summed E-state index contributed by atoms with van der Waals surface area (Å²) in [6, 6.07) is -2.71. The molecular formula is C28H47N7O12P+. The molecule has 48 heavy (non-hydrogen) atoms. The van der Waals surface area contributed by atoms with Crippen LogP contribution in [0.4, 0.5) is 17.5 Å². The quantitative estimate of drug-likeness (QED) is 0.0865. The standard InChI is InChI=1S/C28H46N7O12P/c1-26(2,3)44-11-15(22(38)42-7)33-48(41,34-16(23(39)43-8)12-45-27(4,5)6)46-13-17-19(36)28(40)9-10-35(24(28)47-17)14-30-18-20(35)31-25(29)32-21(18)37/h14-17,19,24,36,40H,9-13H2,1-8H3,(H4-,29,31,32,33,34,37,41)/p+1. The number of aliphatic hydroxyl groups is 2. The summed E-state index contributed by atoms with van der Waals surface area (Å²) in [4.78, 5) is 48.9. The van der Waals surface area contributed by atoms with E-state index >= 15 is 0 Å². The first-order valence-electron chi connectivity index (χ1n) is 15.3. The molecule has 4 heterocycles. The molecule has 2 fully saturated rings. The molecule has 7 unspecified atom stereocenters. The van der Waals surface area contributed by atoms with Crippen molar-refractivity contribution in [1.29, 1.82) is 0 Å². The average Bonchev–Trinajstić information content (AvgIpc) is 3.59. The minimum Gasteiger partial charge on any atom is -0.468 e. The molecule has 7 atom stereocenters. The van der Waals surface area contributed by atoms with Crippen LogP contribution in [0.5, 0.6) is 0 Å². The molecule has 0 radical (unpaired) electrons. The number of hydrogen-bond donors (Lipinski definition) is 6. The van der Waals surface area contributed by atoms with Crippen molar-refractivity contribution in [2.45, 2.75) is 95.3 Å². The molecule has 0 saturated carbocycles. The summed E-state index contributed by atoms with van der Waals surface area (Å²) in [5.41, 5.74) is 1.95. The molecule has 2 saturated heterocycles. The van der Waals surface area contributed by atoms with Crippen molar-refractivity contribution in [2.75, 3.05) is 46.3 Å². The van der Waals surface area contributed by atoms with Crippen molar-refractivity contribution < 1.29 is 52.6 Å². The number of carbonyl (C=O) groups is 2. The van der Waals surface area contributed by atoms with Crippen LogP contribution in [0.1, 0.15) is 48.0 Å². The number of anilines is 1. The third kappa shape index (κ3) is 7.96. The summed E-state index contributed by atoms with van der Waals surface area (Å²) in [5, 5.41) is 28.2. The summed E-state index contributed by atoms with van der Waals surface area (Å²) in [7, 11) is -2.23. The lowest BCUT2D eigenvalue weighted by Gasteiger charge is -2.32. The highest BCUT2D eigenvalue weighted by Gasteiger charge is 2.71. The van der Waals surface area contributed by atoms with E-state index in [1.165, 1.54) is 6.34 Å². The number of carbonyl (C=O) groups excluding carboxylic acids is 2. The number of methoxy groups -OCH3 is 2. The fourth-order valence-corrected chi connectivity index (χ4v) is 7.37. The number of aromatic amines is 1. The lowest BCUT2D eigenvalue weighted by atomic mass is 9.93. The molecule has 3 aliphatic heterocycles.